The van der Waals surface area contributed by atoms with Crippen LogP contribution in [0.5, 0.6) is 0 Å². The topological polar surface area (TPSA) is 37.8 Å². The molecule has 17 heavy (non-hydrogen) atoms. The van der Waals surface area contributed by atoms with Gasteiger partial charge in [0, 0.05) is 35.6 Å². The van der Waals surface area contributed by atoms with Crippen molar-refractivity contribution in [1.82, 2.24) is 9.97 Å². The summed E-state index contributed by atoms with van der Waals surface area (Å²) < 4.78 is 0. The number of anilines is 1. The first-order valence-corrected chi connectivity index (χ1v) is 8.28. The van der Waals surface area contributed by atoms with Gasteiger partial charge in [-0.3, -0.25) is 0 Å². The first kappa shape index (κ1) is 13.0. The maximum Gasteiger partial charge on any atom is 0.144 e. The molecular weight excluding hydrogens is 250 g/mol. The molecule has 0 aliphatic carbocycles. The van der Waals surface area contributed by atoms with Crippen LogP contribution in [0.2, 0.25) is 0 Å². The van der Waals surface area contributed by atoms with Crippen molar-refractivity contribution in [3.8, 4) is 0 Å². The normalized spacial score (nSPS) is 20.2. The van der Waals surface area contributed by atoms with Crippen molar-refractivity contribution >= 4 is 29.3 Å². The lowest BCUT2D eigenvalue weighted by molar-refractivity contribution is 0.891. The molecular formula is C12H19N3S2. The zero-order valence-corrected chi connectivity index (χ0v) is 12.0. The zero-order chi connectivity index (χ0) is 12.1. The van der Waals surface area contributed by atoms with E-state index in [2.05, 4.69) is 22.2 Å². The molecule has 0 amide bonds. The van der Waals surface area contributed by atoms with Gasteiger partial charge in [0.1, 0.15) is 11.6 Å². The van der Waals surface area contributed by atoms with Gasteiger partial charge >= 0.3 is 0 Å². The monoisotopic (exact) mass is 269 g/mol. The third kappa shape index (κ3) is 3.78. The van der Waals surface area contributed by atoms with E-state index in [1.165, 1.54) is 11.5 Å². The Morgan fingerprint density at radius 1 is 1.41 bits per heavy atom. The zero-order valence-electron chi connectivity index (χ0n) is 10.4. The first-order valence-electron chi connectivity index (χ1n) is 6.08. The predicted octanol–water partition coefficient (Wildman–Crippen LogP) is 3.13. The standard InChI is InChI=1S/C12H19N3S2/c1-3-4-13-11-7-9(2)14-12(15-11)10-8-16-5-6-17-10/h7,10H,3-6,8H2,1-2H3,(H,13,14,15). The minimum atomic E-state index is 0.468. The minimum Gasteiger partial charge on any atom is -0.370 e. The van der Waals surface area contributed by atoms with E-state index in [0.717, 1.165) is 36.1 Å². The smallest absolute Gasteiger partial charge is 0.144 e. The molecule has 1 atom stereocenters. The van der Waals surface area contributed by atoms with Gasteiger partial charge in [-0.15, -0.1) is 11.8 Å². The average Bonchev–Trinajstić information content (AvgIpc) is 2.37. The van der Waals surface area contributed by atoms with Gasteiger partial charge in [0.15, 0.2) is 0 Å². The van der Waals surface area contributed by atoms with Gasteiger partial charge in [-0.05, 0) is 13.3 Å². The largest absolute Gasteiger partial charge is 0.370 e. The van der Waals surface area contributed by atoms with E-state index < -0.39 is 0 Å². The van der Waals surface area contributed by atoms with Crippen molar-refractivity contribution in [1.29, 1.82) is 0 Å². The summed E-state index contributed by atoms with van der Waals surface area (Å²) in [5.74, 6) is 5.59. The molecule has 5 heteroatoms. The molecule has 1 aromatic rings. The van der Waals surface area contributed by atoms with Gasteiger partial charge in [0.05, 0.1) is 5.25 Å². The molecule has 2 rings (SSSR count). The van der Waals surface area contributed by atoms with Crippen LogP contribution in [0, 0.1) is 6.92 Å². The van der Waals surface area contributed by atoms with Gasteiger partial charge in [-0.2, -0.15) is 11.8 Å². The Morgan fingerprint density at radius 3 is 3.00 bits per heavy atom. The van der Waals surface area contributed by atoms with Crippen LogP contribution in [0.4, 0.5) is 5.82 Å². The number of aromatic nitrogens is 2. The lowest BCUT2D eigenvalue weighted by Gasteiger charge is -2.20. The molecule has 3 nitrogen and oxygen atoms in total. The molecule has 0 saturated carbocycles. The predicted molar refractivity (Wildman–Crippen MR) is 78.1 cm³/mol. The summed E-state index contributed by atoms with van der Waals surface area (Å²) in [5.41, 5.74) is 1.06. The summed E-state index contributed by atoms with van der Waals surface area (Å²) in [6.07, 6.45) is 1.12. The summed E-state index contributed by atoms with van der Waals surface area (Å²) in [6, 6.07) is 2.03. The van der Waals surface area contributed by atoms with E-state index in [4.69, 9.17) is 0 Å². The molecule has 1 aromatic heterocycles. The van der Waals surface area contributed by atoms with Crippen LogP contribution in [-0.4, -0.2) is 33.8 Å². The molecule has 0 bridgehead atoms. The van der Waals surface area contributed by atoms with Gasteiger partial charge < -0.3 is 5.32 Å². The number of thioether (sulfide) groups is 2. The maximum absolute atomic E-state index is 4.64. The highest BCUT2D eigenvalue weighted by molar-refractivity contribution is 8.06. The second kappa shape index (κ2) is 6.50. The van der Waals surface area contributed by atoms with Crippen LogP contribution in [-0.2, 0) is 0 Å². The molecule has 0 radical (unpaired) electrons. The van der Waals surface area contributed by atoms with Crippen molar-refractivity contribution < 1.29 is 0 Å². The summed E-state index contributed by atoms with van der Waals surface area (Å²) >= 11 is 3.99. The fraction of sp³-hybridized carbons (Fsp3) is 0.667. The third-order valence-corrected chi connectivity index (χ3v) is 5.28. The number of aryl methyl sites for hydroxylation is 1. The highest BCUT2D eigenvalue weighted by atomic mass is 32.2. The molecule has 94 valence electrons. The fourth-order valence-electron chi connectivity index (χ4n) is 1.72. The summed E-state index contributed by atoms with van der Waals surface area (Å²) in [6.45, 7) is 5.18. The van der Waals surface area contributed by atoms with E-state index in [1.54, 1.807) is 0 Å². The highest BCUT2D eigenvalue weighted by Gasteiger charge is 2.19. The SMILES string of the molecule is CCCNc1cc(C)nc(C2CSCCS2)n1. The minimum absolute atomic E-state index is 0.468. The Hall–Kier alpha value is -0.420. The van der Waals surface area contributed by atoms with Gasteiger partial charge in [0.25, 0.3) is 0 Å². The molecule has 0 aromatic carbocycles. The molecule has 1 N–H and O–H groups in total. The van der Waals surface area contributed by atoms with Crippen molar-refractivity contribution in [2.24, 2.45) is 0 Å². The molecule has 0 spiro atoms. The first-order chi connectivity index (χ1) is 8.29. The van der Waals surface area contributed by atoms with Gasteiger partial charge in [-0.25, -0.2) is 9.97 Å². The number of nitrogens with zero attached hydrogens (tertiary/aromatic N) is 2. The van der Waals surface area contributed by atoms with Gasteiger partial charge in [0.2, 0.25) is 0 Å². The van der Waals surface area contributed by atoms with Gasteiger partial charge in [-0.1, -0.05) is 6.92 Å². The van der Waals surface area contributed by atoms with E-state index in [1.807, 2.05) is 36.5 Å². The second-order valence-corrected chi connectivity index (χ2v) is 6.57. The lowest BCUT2D eigenvalue weighted by Crippen LogP contribution is -2.12. The number of rotatable bonds is 4. The van der Waals surface area contributed by atoms with E-state index in [9.17, 15) is 0 Å². The molecule has 1 saturated heterocycles. The molecule has 1 aliphatic heterocycles. The number of hydrogen-bond donors (Lipinski definition) is 1. The summed E-state index contributed by atoms with van der Waals surface area (Å²) in [5, 5.41) is 3.82. The Bertz CT molecular complexity index is 365. The number of nitrogens with one attached hydrogen (secondary N) is 1. The number of hydrogen-bond acceptors (Lipinski definition) is 5. The molecule has 2 heterocycles. The van der Waals surface area contributed by atoms with Crippen molar-refractivity contribution in [2.45, 2.75) is 25.5 Å². The van der Waals surface area contributed by atoms with Crippen LogP contribution in [0.15, 0.2) is 6.07 Å². The van der Waals surface area contributed by atoms with Crippen LogP contribution < -0.4 is 5.32 Å². The van der Waals surface area contributed by atoms with Crippen molar-refractivity contribution in [3.63, 3.8) is 0 Å². The van der Waals surface area contributed by atoms with Crippen LogP contribution >= 0.6 is 23.5 Å². The van der Waals surface area contributed by atoms with E-state index >= 15 is 0 Å². The van der Waals surface area contributed by atoms with Crippen molar-refractivity contribution in [3.05, 3.63) is 17.6 Å². The Morgan fingerprint density at radius 2 is 2.29 bits per heavy atom. The summed E-state index contributed by atoms with van der Waals surface area (Å²) in [4.78, 5) is 9.22. The quantitative estimate of drug-likeness (QED) is 0.909. The Balaban J connectivity index is 2.12. The lowest BCUT2D eigenvalue weighted by atomic mass is 10.3. The van der Waals surface area contributed by atoms with Crippen LogP contribution in [0.25, 0.3) is 0 Å². The Labute approximate surface area is 112 Å². The maximum atomic E-state index is 4.64. The third-order valence-electron chi connectivity index (χ3n) is 2.53. The van der Waals surface area contributed by atoms with Crippen molar-refractivity contribution in [2.75, 3.05) is 29.1 Å². The Kier molecular flexibility index (Phi) is 4.98. The molecule has 1 aliphatic rings. The summed E-state index contributed by atoms with van der Waals surface area (Å²) in [7, 11) is 0. The molecule has 1 unspecified atom stereocenters. The molecule has 1 fully saturated rings. The second-order valence-electron chi connectivity index (χ2n) is 4.11. The van der Waals surface area contributed by atoms with Crippen LogP contribution in [0.1, 0.15) is 30.1 Å². The van der Waals surface area contributed by atoms with E-state index in [-0.39, 0.29) is 0 Å². The average molecular weight is 269 g/mol. The van der Waals surface area contributed by atoms with Crippen LogP contribution in [0.3, 0.4) is 0 Å². The fourth-order valence-corrected chi connectivity index (χ4v) is 4.31. The van der Waals surface area contributed by atoms with E-state index in [0.29, 0.717) is 5.25 Å². The highest BCUT2D eigenvalue weighted by Crippen LogP contribution is 2.35.